The maximum atomic E-state index is 13.5. The van der Waals surface area contributed by atoms with Crippen LogP contribution in [-0.4, -0.2) is 59.6 Å². The summed E-state index contributed by atoms with van der Waals surface area (Å²) in [6.45, 7) is 8.98. The van der Waals surface area contributed by atoms with Crippen LogP contribution in [0.1, 0.15) is 63.0 Å². The first-order chi connectivity index (χ1) is 17.8. The molecule has 2 aromatic rings. The van der Waals surface area contributed by atoms with E-state index in [2.05, 4.69) is 47.9 Å². The lowest BCUT2D eigenvalue weighted by Crippen LogP contribution is -2.42. The molecule has 2 aromatic carbocycles. The number of carboxylic acid groups (broad SMARTS) is 1. The zero-order chi connectivity index (χ0) is 26.4. The summed E-state index contributed by atoms with van der Waals surface area (Å²) in [6, 6.07) is 14.4. The van der Waals surface area contributed by atoms with Crippen molar-refractivity contribution < 1.29 is 18.7 Å². The zero-order valence-electron chi connectivity index (χ0n) is 22.3. The van der Waals surface area contributed by atoms with Crippen molar-refractivity contribution in [2.24, 2.45) is 17.8 Å². The summed E-state index contributed by atoms with van der Waals surface area (Å²) in [7, 11) is 0. The summed E-state index contributed by atoms with van der Waals surface area (Å²) in [5.41, 5.74) is 2.18. The van der Waals surface area contributed by atoms with Crippen LogP contribution in [0.4, 0.5) is 8.78 Å². The third-order valence-corrected chi connectivity index (χ3v) is 8.38. The Morgan fingerprint density at radius 3 is 2.41 bits per heavy atom. The number of nitrogens with zero attached hydrogens (tertiary/aromatic N) is 2. The SMILES string of the molecule is CC(C)CC(C(=O)O)N1CC(CN2CCC(CCCc3ccc(F)c(F)c3)CC2)C(c2ccccc2)C1. The number of hydrogen-bond donors (Lipinski definition) is 1. The number of piperidine rings is 1. The molecule has 4 nitrogen and oxygen atoms in total. The van der Waals surface area contributed by atoms with Gasteiger partial charge < -0.3 is 10.0 Å². The van der Waals surface area contributed by atoms with Crippen molar-refractivity contribution in [3.05, 3.63) is 71.3 Å². The molecule has 1 N–H and O–H groups in total. The van der Waals surface area contributed by atoms with Crippen LogP contribution in [0.2, 0.25) is 0 Å². The smallest absolute Gasteiger partial charge is 0.320 e. The van der Waals surface area contributed by atoms with Gasteiger partial charge in [-0.15, -0.1) is 0 Å². The fourth-order valence-electron chi connectivity index (χ4n) is 6.35. The number of rotatable bonds is 11. The largest absolute Gasteiger partial charge is 0.480 e. The maximum Gasteiger partial charge on any atom is 0.320 e. The molecule has 0 aromatic heterocycles. The average molecular weight is 513 g/mol. The fourth-order valence-corrected chi connectivity index (χ4v) is 6.35. The number of aliphatic carboxylic acids is 1. The molecular weight excluding hydrogens is 470 g/mol. The van der Waals surface area contributed by atoms with Crippen LogP contribution < -0.4 is 0 Å². The molecule has 0 radical (unpaired) electrons. The van der Waals surface area contributed by atoms with E-state index in [0.29, 0.717) is 30.1 Å². The molecule has 3 atom stereocenters. The summed E-state index contributed by atoms with van der Waals surface area (Å²) in [4.78, 5) is 16.9. The van der Waals surface area contributed by atoms with Crippen LogP contribution in [0.25, 0.3) is 0 Å². The highest BCUT2D eigenvalue weighted by Gasteiger charge is 2.40. The van der Waals surface area contributed by atoms with Crippen molar-refractivity contribution in [1.29, 1.82) is 0 Å². The van der Waals surface area contributed by atoms with Gasteiger partial charge in [0.05, 0.1) is 0 Å². The van der Waals surface area contributed by atoms with Gasteiger partial charge >= 0.3 is 5.97 Å². The first-order valence-corrected chi connectivity index (χ1v) is 14.0. The molecule has 0 spiro atoms. The third-order valence-electron chi connectivity index (χ3n) is 8.38. The van der Waals surface area contributed by atoms with Crippen molar-refractivity contribution in [3.63, 3.8) is 0 Å². The zero-order valence-corrected chi connectivity index (χ0v) is 22.3. The van der Waals surface area contributed by atoms with Crippen molar-refractivity contribution in [3.8, 4) is 0 Å². The van der Waals surface area contributed by atoms with E-state index in [0.717, 1.165) is 70.4 Å². The monoisotopic (exact) mass is 512 g/mol. The standard InChI is InChI=1S/C31H42F2N2O2/c1-22(2)17-30(31(36)37)35-20-26(27(21-35)25-9-4-3-5-10-25)19-34-15-13-23(14-16-34)7-6-8-24-11-12-28(32)29(33)18-24/h3-5,9-12,18,22-23,26-27,30H,6-8,13-17,19-21H2,1-2H3,(H,36,37). The third kappa shape index (κ3) is 7.61. The van der Waals surface area contributed by atoms with Crippen molar-refractivity contribution in [2.75, 3.05) is 32.7 Å². The van der Waals surface area contributed by atoms with Crippen LogP contribution in [-0.2, 0) is 11.2 Å². The van der Waals surface area contributed by atoms with Gasteiger partial charge in [-0.25, -0.2) is 8.78 Å². The second-order valence-corrected chi connectivity index (χ2v) is 11.6. The van der Waals surface area contributed by atoms with Gasteiger partial charge in [-0.3, -0.25) is 9.69 Å². The Hall–Kier alpha value is -2.31. The van der Waals surface area contributed by atoms with Crippen LogP contribution >= 0.6 is 0 Å². The van der Waals surface area contributed by atoms with E-state index in [1.54, 1.807) is 6.07 Å². The summed E-state index contributed by atoms with van der Waals surface area (Å²) < 4.78 is 26.6. The molecule has 2 saturated heterocycles. The number of hydrogen-bond acceptors (Lipinski definition) is 3. The van der Waals surface area contributed by atoms with Crippen molar-refractivity contribution >= 4 is 5.97 Å². The number of carbonyl (C=O) groups is 1. The number of carboxylic acids is 1. The maximum absolute atomic E-state index is 13.5. The van der Waals surface area contributed by atoms with E-state index < -0.39 is 23.6 Å². The van der Waals surface area contributed by atoms with Gasteiger partial charge in [-0.05, 0) is 86.2 Å². The minimum Gasteiger partial charge on any atom is -0.480 e. The topological polar surface area (TPSA) is 43.8 Å². The predicted molar refractivity (Wildman–Crippen MR) is 144 cm³/mol. The Morgan fingerprint density at radius 1 is 1.03 bits per heavy atom. The molecule has 6 heteroatoms. The van der Waals surface area contributed by atoms with E-state index in [1.165, 1.54) is 17.7 Å². The Labute approximate surface area is 220 Å². The molecule has 0 bridgehead atoms. The van der Waals surface area contributed by atoms with Crippen molar-refractivity contribution in [1.82, 2.24) is 9.80 Å². The molecule has 4 rings (SSSR count). The van der Waals surface area contributed by atoms with Gasteiger partial charge in [0.1, 0.15) is 6.04 Å². The van der Waals surface area contributed by atoms with Crippen molar-refractivity contribution in [2.45, 2.75) is 64.3 Å². The highest BCUT2D eigenvalue weighted by atomic mass is 19.2. The summed E-state index contributed by atoms with van der Waals surface area (Å²) in [5.74, 6) is -0.459. The Morgan fingerprint density at radius 2 is 1.76 bits per heavy atom. The molecule has 3 unspecified atom stereocenters. The molecular formula is C31H42F2N2O2. The molecule has 37 heavy (non-hydrogen) atoms. The van der Waals surface area contributed by atoms with Gasteiger partial charge in [-0.2, -0.15) is 0 Å². The van der Waals surface area contributed by atoms with Gasteiger partial charge in [-0.1, -0.05) is 56.7 Å². The van der Waals surface area contributed by atoms with Crippen LogP contribution in [0.5, 0.6) is 0 Å². The molecule has 0 amide bonds. The first-order valence-electron chi connectivity index (χ1n) is 14.0. The molecule has 2 heterocycles. The lowest BCUT2D eigenvalue weighted by atomic mass is 9.87. The normalized spacial score (nSPS) is 22.5. The Kier molecular flexibility index (Phi) is 9.71. The van der Waals surface area contributed by atoms with Gasteiger partial charge in [0.25, 0.3) is 0 Å². The Bertz CT molecular complexity index is 1010. The molecule has 0 saturated carbocycles. The van der Waals surface area contributed by atoms with E-state index in [4.69, 9.17) is 0 Å². The minimum absolute atomic E-state index is 0.344. The van der Waals surface area contributed by atoms with Crippen LogP contribution in [0.3, 0.4) is 0 Å². The lowest BCUT2D eigenvalue weighted by Gasteiger charge is -2.35. The molecule has 202 valence electrons. The highest BCUT2D eigenvalue weighted by Crippen LogP contribution is 2.36. The second-order valence-electron chi connectivity index (χ2n) is 11.6. The number of aryl methyl sites for hydroxylation is 1. The highest BCUT2D eigenvalue weighted by molar-refractivity contribution is 5.73. The van der Waals surface area contributed by atoms with Gasteiger partial charge in [0.2, 0.25) is 0 Å². The van der Waals surface area contributed by atoms with E-state index in [1.807, 2.05) is 6.07 Å². The van der Waals surface area contributed by atoms with Gasteiger partial charge in [0, 0.05) is 25.6 Å². The fraction of sp³-hybridized carbons (Fsp3) is 0.581. The Balaban J connectivity index is 1.30. The minimum atomic E-state index is -0.783. The molecule has 0 aliphatic carbocycles. The summed E-state index contributed by atoms with van der Waals surface area (Å²) in [6.07, 6.45) is 5.90. The second kappa shape index (κ2) is 13.0. The number of likely N-dealkylation sites (tertiary alicyclic amines) is 2. The number of benzene rings is 2. The lowest BCUT2D eigenvalue weighted by molar-refractivity contribution is -0.143. The summed E-state index contributed by atoms with van der Waals surface area (Å²) in [5, 5.41) is 9.96. The number of halogens is 2. The predicted octanol–water partition coefficient (Wildman–Crippen LogP) is 6.21. The van der Waals surface area contributed by atoms with E-state index >= 15 is 0 Å². The molecule has 2 aliphatic rings. The summed E-state index contributed by atoms with van der Waals surface area (Å²) >= 11 is 0. The first kappa shape index (κ1) is 27.7. The van der Waals surface area contributed by atoms with E-state index in [-0.39, 0.29) is 0 Å². The molecule has 2 aliphatic heterocycles. The van der Waals surface area contributed by atoms with Gasteiger partial charge in [0.15, 0.2) is 11.6 Å². The average Bonchev–Trinajstić information content (AvgIpc) is 3.29. The van der Waals surface area contributed by atoms with Crippen LogP contribution in [0.15, 0.2) is 48.5 Å². The quantitative estimate of drug-likeness (QED) is 0.389. The molecule has 2 fully saturated rings. The van der Waals surface area contributed by atoms with Crippen LogP contribution in [0, 0.1) is 29.4 Å². The van der Waals surface area contributed by atoms with E-state index in [9.17, 15) is 18.7 Å².